The molecule has 134 valence electrons. The summed E-state index contributed by atoms with van der Waals surface area (Å²) < 4.78 is 5.54. The van der Waals surface area contributed by atoms with Crippen LogP contribution >= 0.6 is 11.6 Å². The summed E-state index contributed by atoms with van der Waals surface area (Å²) in [5.74, 6) is 1.13. The zero-order valence-corrected chi connectivity index (χ0v) is 15.6. The van der Waals surface area contributed by atoms with E-state index < -0.39 is 5.54 Å². The van der Waals surface area contributed by atoms with E-state index in [1.54, 1.807) is 0 Å². The van der Waals surface area contributed by atoms with Crippen LogP contribution in [-0.4, -0.2) is 29.1 Å². The molecule has 3 rings (SSSR count). The monoisotopic (exact) mass is 362 g/mol. The number of halogens is 1. The number of carbonyl (C=O) groups excluding carboxylic acids is 1. The van der Waals surface area contributed by atoms with Crippen molar-refractivity contribution in [1.82, 2.24) is 20.8 Å². The van der Waals surface area contributed by atoms with E-state index in [1.807, 2.05) is 26.8 Å². The summed E-state index contributed by atoms with van der Waals surface area (Å²) in [5.41, 5.74) is 1.54. The minimum absolute atomic E-state index is 0.0505. The van der Waals surface area contributed by atoms with Crippen LogP contribution in [0.2, 0.25) is 5.02 Å². The zero-order valence-electron chi connectivity index (χ0n) is 14.9. The second kappa shape index (κ2) is 6.77. The molecular formula is C18H23ClN4O2. The first-order valence-corrected chi connectivity index (χ1v) is 8.75. The summed E-state index contributed by atoms with van der Waals surface area (Å²) in [4.78, 5) is 15.9. The van der Waals surface area contributed by atoms with E-state index >= 15 is 0 Å². The van der Waals surface area contributed by atoms with Gasteiger partial charge >= 0.3 is 0 Å². The topological polar surface area (TPSA) is 80.0 Å². The fraction of sp³-hybridized carbons (Fsp3) is 0.500. The molecule has 0 aliphatic carbocycles. The van der Waals surface area contributed by atoms with Crippen LogP contribution < -0.4 is 10.6 Å². The quantitative estimate of drug-likeness (QED) is 0.874. The number of carbonyl (C=O) groups is 1. The molecule has 1 aromatic heterocycles. The molecular weight excluding hydrogens is 340 g/mol. The van der Waals surface area contributed by atoms with Crippen molar-refractivity contribution in [3.63, 3.8) is 0 Å². The number of hydrogen-bond donors (Lipinski definition) is 2. The van der Waals surface area contributed by atoms with Crippen LogP contribution in [0.4, 0.5) is 0 Å². The molecule has 0 radical (unpaired) electrons. The summed E-state index contributed by atoms with van der Waals surface area (Å²) in [6, 6.07) is 6.11. The second-order valence-electron chi connectivity index (χ2n) is 7.16. The number of nitrogens with one attached hydrogen (secondary N) is 2. The molecule has 25 heavy (non-hydrogen) atoms. The van der Waals surface area contributed by atoms with Gasteiger partial charge in [-0.3, -0.25) is 4.79 Å². The molecule has 0 saturated carbocycles. The van der Waals surface area contributed by atoms with E-state index in [4.69, 9.17) is 16.1 Å². The van der Waals surface area contributed by atoms with E-state index in [0.29, 0.717) is 11.7 Å². The van der Waals surface area contributed by atoms with Crippen LogP contribution in [0.1, 0.15) is 55.4 Å². The molecule has 6 nitrogen and oxygen atoms in total. The maximum absolute atomic E-state index is 11.4. The molecule has 0 spiro atoms. The summed E-state index contributed by atoms with van der Waals surface area (Å²) >= 11 is 6.46. The van der Waals surface area contributed by atoms with Crippen LogP contribution in [0.5, 0.6) is 0 Å². The highest BCUT2D eigenvalue weighted by molar-refractivity contribution is 6.31. The zero-order chi connectivity index (χ0) is 18.2. The Hall–Kier alpha value is -1.92. The lowest BCUT2D eigenvalue weighted by atomic mass is 9.88. The predicted octanol–water partition coefficient (Wildman–Crippen LogP) is 2.87. The summed E-state index contributed by atoms with van der Waals surface area (Å²) in [6.45, 7) is 8.75. The maximum Gasteiger partial charge on any atom is 0.231 e. The average Bonchev–Trinajstić information content (AvgIpc) is 3.14. The SMILES string of the molecule is CC(=O)NC(C)(C)c1noc(C2CNCC2c2ccc(C)cc2Cl)n1. The number of hydrogen-bond acceptors (Lipinski definition) is 5. The van der Waals surface area contributed by atoms with E-state index in [0.717, 1.165) is 29.2 Å². The first-order valence-electron chi connectivity index (χ1n) is 8.37. The summed E-state index contributed by atoms with van der Waals surface area (Å²) in [5, 5.41) is 11.1. The maximum atomic E-state index is 11.4. The van der Waals surface area contributed by atoms with Crippen molar-refractivity contribution < 1.29 is 9.32 Å². The number of nitrogens with zero attached hydrogens (tertiary/aromatic N) is 2. The molecule has 1 aromatic carbocycles. The van der Waals surface area contributed by atoms with Crippen molar-refractivity contribution in [3.05, 3.63) is 46.1 Å². The number of aryl methyl sites for hydroxylation is 1. The smallest absolute Gasteiger partial charge is 0.231 e. The van der Waals surface area contributed by atoms with E-state index in [2.05, 4.69) is 32.9 Å². The van der Waals surface area contributed by atoms with Gasteiger partial charge in [0.2, 0.25) is 11.8 Å². The highest BCUT2D eigenvalue weighted by atomic mass is 35.5. The predicted molar refractivity (Wildman–Crippen MR) is 95.7 cm³/mol. The third-order valence-electron chi connectivity index (χ3n) is 4.58. The third-order valence-corrected chi connectivity index (χ3v) is 4.90. The van der Waals surface area contributed by atoms with Crippen LogP contribution in [-0.2, 0) is 10.3 Å². The fourth-order valence-corrected chi connectivity index (χ4v) is 3.71. The molecule has 2 heterocycles. The fourth-order valence-electron chi connectivity index (χ4n) is 3.33. The van der Waals surface area contributed by atoms with Crippen molar-refractivity contribution >= 4 is 17.5 Å². The summed E-state index contributed by atoms with van der Waals surface area (Å²) in [7, 11) is 0. The van der Waals surface area contributed by atoms with E-state index in [9.17, 15) is 4.79 Å². The number of benzene rings is 1. The Labute approximate surface area is 152 Å². The Bertz CT molecular complexity index is 787. The van der Waals surface area contributed by atoms with Crippen LogP contribution in [0.15, 0.2) is 22.7 Å². The lowest BCUT2D eigenvalue weighted by Crippen LogP contribution is -2.40. The first-order chi connectivity index (χ1) is 11.8. The Balaban J connectivity index is 1.87. The van der Waals surface area contributed by atoms with Gasteiger partial charge in [-0.05, 0) is 38.0 Å². The first kappa shape index (κ1) is 17.9. The average molecular weight is 363 g/mol. The number of aromatic nitrogens is 2. The van der Waals surface area contributed by atoms with Gasteiger partial charge in [-0.1, -0.05) is 28.9 Å². The lowest BCUT2D eigenvalue weighted by Gasteiger charge is -2.21. The van der Waals surface area contributed by atoms with E-state index in [-0.39, 0.29) is 17.7 Å². The highest BCUT2D eigenvalue weighted by Crippen LogP contribution is 2.38. The molecule has 1 aliphatic rings. The van der Waals surface area contributed by atoms with E-state index in [1.165, 1.54) is 6.92 Å². The van der Waals surface area contributed by atoms with Gasteiger partial charge in [-0.2, -0.15) is 4.98 Å². The number of amides is 1. The Kier molecular flexibility index (Phi) is 4.84. The molecule has 1 fully saturated rings. The standard InChI is InChI=1S/C18H23ClN4O2/c1-10-5-6-12(15(19)7-10)13-8-20-9-14(13)16-21-17(23-25-16)18(3,4)22-11(2)24/h5-7,13-14,20H,8-9H2,1-4H3,(H,22,24). The Morgan fingerprint density at radius 2 is 2.08 bits per heavy atom. The highest BCUT2D eigenvalue weighted by Gasteiger charge is 2.37. The number of rotatable bonds is 4. The van der Waals surface area contributed by atoms with Gasteiger partial charge in [-0.25, -0.2) is 0 Å². The third kappa shape index (κ3) is 3.70. The molecule has 2 aromatic rings. The largest absolute Gasteiger partial charge is 0.344 e. The van der Waals surface area contributed by atoms with Gasteiger partial charge < -0.3 is 15.2 Å². The van der Waals surface area contributed by atoms with Gasteiger partial charge in [0, 0.05) is 31.0 Å². The van der Waals surface area contributed by atoms with Crippen molar-refractivity contribution in [3.8, 4) is 0 Å². The summed E-state index contributed by atoms with van der Waals surface area (Å²) in [6.07, 6.45) is 0. The van der Waals surface area contributed by atoms with Gasteiger partial charge in [0.15, 0.2) is 5.82 Å². The Morgan fingerprint density at radius 1 is 1.36 bits per heavy atom. The van der Waals surface area contributed by atoms with Gasteiger partial charge in [0.05, 0.1) is 11.5 Å². The van der Waals surface area contributed by atoms with Crippen molar-refractivity contribution in [2.75, 3.05) is 13.1 Å². The van der Waals surface area contributed by atoms with Gasteiger partial charge in [0.25, 0.3) is 0 Å². The molecule has 1 amide bonds. The van der Waals surface area contributed by atoms with Gasteiger partial charge in [-0.15, -0.1) is 0 Å². The minimum Gasteiger partial charge on any atom is -0.344 e. The lowest BCUT2D eigenvalue weighted by molar-refractivity contribution is -0.120. The van der Waals surface area contributed by atoms with Crippen LogP contribution in [0.3, 0.4) is 0 Å². The molecule has 2 atom stereocenters. The van der Waals surface area contributed by atoms with Crippen molar-refractivity contribution in [2.24, 2.45) is 0 Å². The molecule has 1 aliphatic heterocycles. The Morgan fingerprint density at radius 3 is 2.76 bits per heavy atom. The van der Waals surface area contributed by atoms with Crippen LogP contribution in [0.25, 0.3) is 0 Å². The van der Waals surface area contributed by atoms with Crippen molar-refractivity contribution in [1.29, 1.82) is 0 Å². The molecule has 7 heteroatoms. The molecule has 2 unspecified atom stereocenters. The van der Waals surface area contributed by atoms with Crippen LogP contribution in [0, 0.1) is 6.92 Å². The molecule has 1 saturated heterocycles. The minimum atomic E-state index is -0.684. The van der Waals surface area contributed by atoms with Gasteiger partial charge in [0.1, 0.15) is 0 Å². The normalized spacial score (nSPS) is 20.7. The van der Waals surface area contributed by atoms with Crippen molar-refractivity contribution in [2.45, 2.75) is 45.1 Å². The molecule has 0 bridgehead atoms. The second-order valence-corrected chi connectivity index (χ2v) is 7.57. The molecule has 2 N–H and O–H groups in total.